The van der Waals surface area contributed by atoms with Crippen LogP contribution in [0, 0.1) is 0 Å². The molecule has 0 atom stereocenters. The van der Waals surface area contributed by atoms with Crippen LogP contribution in [0.5, 0.6) is 0 Å². The molecule has 0 saturated carbocycles. The second-order valence-electron chi connectivity index (χ2n) is 1.79. The van der Waals surface area contributed by atoms with E-state index in [4.69, 9.17) is 11.5 Å². The first-order valence-corrected chi connectivity index (χ1v) is 2.96. The lowest BCUT2D eigenvalue weighted by atomic mass is 10.4. The van der Waals surface area contributed by atoms with Crippen LogP contribution in [0.3, 0.4) is 0 Å². The zero-order valence-corrected chi connectivity index (χ0v) is 5.39. The van der Waals surface area contributed by atoms with Gasteiger partial charge in [0.1, 0.15) is 0 Å². The lowest BCUT2D eigenvalue weighted by Crippen LogP contribution is -2.29. The number of primary amides is 1. The summed E-state index contributed by atoms with van der Waals surface area (Å²) in [5, 5.41) is 2.83. The van der Waals surface area contributed by atoms with Crippen LogP contribution in [0.4, 0.5) is 0 Å². The molecule has 0 aliphatic heterocycles. The average molecular weight is 131 g/mol. The van der Waals surface area contributed by atoms with Gasteiger partial charge in [-0.3, -0.25) is 4.79 Å². The third-order valence-corrected chi connectivity index (χ3v) is 0.857. The zero-order chi connectivity index (χ0) is 7.11. The molecule has 0 spiro atoms. The Morgan fingerprint density at radius 3 is 2.67 bits per heavy atom. The minimum absolute atomic E-state index is 0.250. The maximum absolute atomic E-state index is 10.1. The van der Waals surface area contributed by atoms with Crippen LogP contribution in [0.2, 0.25) is 0 Å². The van der Waals surface area contributed by atoms with Gasteiger partial charge >= 0.3 is 0 Å². The monoisotopic (exact) mass is 131 g/mol. The summed E-state index contributed by atoms with van der Waals surface area (Å²) >= 11 is 0. The number of carbonyl (C=O) groups is 1. The predicted molar refractivity (Wildman–Crippen MR) is 35.7 cm³/mol. The van der Waals surface area contributed by atoms with Crippen molar-refractivity contribution in [1.82, 2.24) is 5.32 Å². The molecule has 0 heterocycles. The first-order chi connectivity index (χ1) is 4.27. The van der Waals surface area contributed by atoms with Gasteiger partial charge in [-0.2, -0.15) is 0 Å². The van der Waals surface area contributed by atoms with Gasteiger partial charge in [0.05, 0.1) is 6.54 Å². The predicted octanol–water partition coefficient (Wildman–Crippen LogP) is -1.59. The van der Waals surface area contributed by atoms with Gasteiger partial charge in [-0.1, -0.05) is 0 Å². The standard InChI is InChI=1S/C5H13N3O/c6-2-1-3-8-4-5(7)9/h8H,1-4,6H2,(H2,7,9). The SMILES string of the molecule is NCCCNCC(N)=O. The molecular weight excluding hydrogens is 118 g/mol. The Hall–Kier alpha value is -0.610. The largest absolute Gasteiger partial charge is 0.369 e. The highest BCUT2D eigenvalue weighted by molar-refractivity contribution is 5.75. The molecular formula is C5H13N3O. The third-order valence-electron chi connectivity index (χ3n) is 0.857. The number of amides is 1. The van der Waals surface area contributed by atoms with E-state index < -0.39 is 0 Å². The molecule has 9 heavy (non-hydrogen) atoms. The molecule has 0 fully saturated rings. The number of hydrogen-bond acceptors (Lipinski definition) is 3. The molecule has 0 aliphatic carbocycles. The highest BCUT2D eigenvalue weighted by Crippen LogP contribution is 1.67. The molecule has 1 amide bonds. The minimum Gasteiger partial charge on any atom is -0.369 e. The fraction of sp³-hybridized carbons (Fsp3) is 0.800. The molecule has 4 nitrogen and oxygen atoms in total. The van der Waals surface area contributed by atoms with Gasteiger partial charge in [-0.25, -0.2) is 0 Å². The summed E-state index contributed by atoms with van der Waals surface area (Å²) in [6, 6.07) is 0. The van der Waals surface area contributed by atoms with E-state index in [-0.39, 0.29) is 12.5 Å². The summed E-state index contributed by atoms with van der Waals surface area (Å²) in [4.78, 5) is 10.1. The van der Waals surface area contributed by atoms with Gasteiger partial charge in [-0.05, 0) is 19.5 Å². The van der Waals surface area contributed by atoms with Crippen LogP contribution in [0.15, 0.2) is 0 Å². The first-order valence-electron chi connectivity index (χ1n) is 2.96. The summed E-state index contributed by atoms with van der Waals surface area (Å²) < 4.78 is 0. The number of nitrogens with one attached hydrogen (secondary N) is 1. The molecule has 0 aromatic rings. The lowest BCUT2D eigenvalue weighted by molar-refractivity contribution is -0.117. The Morgan fingerprint density at radius 2 is 2.22 bits per heavy atom. The van der Waals surface area contributed by atoms with Crippen LogP contribution < -0.4 is 16.8 Å². The van der Waals surface area contributed by atoms with Crippen molar-refractivity contribution in [2.45, 2.75) is 6.42 Å². The molecule has 0 unspecified atom stereocenters. The van der Waals surface area contributed by atoms with Crippen molar-refractivity contribution in [3.8, 4) is 0 Å². The maximum Gasteiger partial charge on any atom is 0.231 e. The van der Waals surface area contributed by atoms with Crippen LogP contribution in [0.25, 0.3) is 0 Å². The van der Waals surface area contributed by atoms with E-state index in [0.717, 1.165) is 13.0 Å². The Labute approximate surface area is 54.6 Å². The molecule has 0 aromatic carbocycles. The summed E-state index contributed by atoms with van der Waals surface area (Å²) in [7, 11) is 0. The summed E-state index contributed by atoms with van der Waals surface area (Å²) in [6.07, 6.45) is 0.882. The van der Waals surface area contributed by atoms with Crippen molar-refractivity contribution >= 4 is 5.91 Å². The number of nitrogens with two attached hydrogens (primary N) is 2. The second-order valence-corrected chi connectivity index (χ2v) is 1.79. The average Bonchev–Trinajstić information content (AvgIpc) is 1.80. The van der Waals surface area contributed by atoms with Crippen molar-refractivity contribution in [2.24, 2.45) is 11.5 Å². The lowest BCUT2D eigenvalue weighted by Gasteiger charge is -1.97. The molecule has 4 heteroatoms. The van der Waals surface area contributed by atoms with Gasteiger partial charge in [0.25, 0.3) is 0 Å². The van der Waals surface area contributed by atoms with Crippen molar-refractivity contribution < 1.29 is 4.79 Å². The van der Waals surface area contributed by atoms with Gasteiger partial charge in [-0.15, -0.1) is 0 Å². The van der Waals surface area contributed by atoms with E-state index >= 15 is 0 Å². The van der Waals surface area contributed by atoms with Gasteiger partial charge < -0.3 is 16.8 Å². The first kappa shape index (κ1) is 8.39. The Kier molecular flexibility index (Phi) is 5.15. The van der Waals surface area contributed by atoms with Gasteiger partial charge in [0.2, 0.25) is 5.91 Å². The molecule has 0 aliphatic rings. The van der Waals surface area contributed by atoms with E-state index in [2.05, 4.69) is 5.32 Å². The minimum atomic E-state index is -0.327. The van der Waals surface area contributed by atoms with E-state index in [1.54, 1.807) is 0 Å². The zero-order valence-electron chi connectivity index (χ0n) is 5.39. The molecule has 0 bridgehead atoms. The quantitative estimate of drug-likeness (QED) is 0.393. The van der Waals surface area contributed by atoms with Gasteiger partial charge in [0, 0.05) is 0 Å². The molecule has 0 rings (SSSR count). The number of carbonyl (C=O) groups excluding carboxylic acids is 1. The van der Waals surface area contributed by atoms with Crippen molar-refractivity contribution in [1.29, 1.82) is 0 Å². The Bertz CT molecular complexity index is 84.3. The molecule has 5 N–H and O–H groups in total. The van der Waals surface area contributed by atoms with E-state index in [9.17, 15) is 4.79 Å². The number of rotatable bonds is 5. The smallest absolute Gasteiger partial charge is 0.231 e. The van der Waals surface area contributed by atoms with Crippen LogP contribution >= 0.6 is 0 Å². The van der Waals surface area contributed by atoms with Crippen molar-refractivity contribution in [3.05, 3.63) is 0 Å². The van der Waals surface area contributed by atoms with Crippen LogP contribution in [0.1, 0.15) is 6.42 Å². The summed E-state index contributed by atoms with van der Waals surface area (Å²) in [6.45, 7) is 1.66. The van der Waals surface area contributed by atoms with Crippen molar-refractivity contribution in [3.63, 3.8) is 0 Å². The Morgan fingerprint density at radius 1 is 1.56 bits per heavy atom. The fourth-order valence-electron chi connectivity index (χ4n) is 0.439. The normalized spacial score (nSPS) is 9.44. The molecule has 0 saturated heterocycles. The highest BCUT2D eigenvalue weighted by Gasteiger charge is 1.89. The highest BCUT2D eigenvalue weighted by atomic mass is 16.1. The molecule has 54 valence electrons. The van der Waals surface area contributed by atoms with E-state index in [1.807, 2.05) is 0 Å². The van der Waals surface area contributed by atoms with Gasteiger partial charge in [0.15, 0.2) is 0 Å². The summed E-state index contributed by atoms with van der Waals surface area (Å²) in [5.74, 6) is -0.327. The maximum atomic E-state index is 10.1. The topological polar surface area (TPSA) is 81.1 Å². The molecule has 0 aromatic heterocycles. The second kappa shape index (κ2) is 5.53. The fourth-order valence-corrected chi connectivity index (χ4v) is 0.439. The van der Waals surface area contributed by atoms with Crippen molar-refractivity contribution in [2.75, 3.05) is 19.6 Å². The summed E-state index contributed by atoms with van der Waals surface area (Å²) in [5.41, 5.74) is 10.0. The number of hydrogen-bond donors (Lipinski definition) is 3. The third kappa shape index (κ3) is 7.39. The van der Waals surface area contributed by atoms with E-state index in [1.165, 1.54) is 0 Å². The van der Waals surface area contributed by atoms with E-state index in [0.29, 0.717) is 6.54 Å². The Balaban J connectivity index is 2.83. The van der Waals surface area contributed by atoms with Crippen LogP contribution in [-0.4, -0.2) is 25.5 Å². The van der Waals surface area contributed by atoms with Crippen LogP contribution in [-0.2, 0) is 4.79 Å². The molecule has 0 radical (unpaired) electrons.